The van der Waals surface area contributed by atoms with Gasteiger partial charge in [0, 0.05) is 19.2 Å². The Bertz CT molecular complexity index is 175. The van der Waals surface area contributed by atoms with E-state index in [9.17, 15) is 4.79 Å². The van der Waals surface area contributed by atoms with Gasteiger partial charge in [-0.1, -0.05) is 20.8 Å². The Hall–Kier alpha value is -0.770. The number of hydrogen-bond acceptors (Lipinski definition) is 2. The van der Waals surface area contributed by atoms with Crippen molar-refractivity contribution >= 4 is 6.03 Å². The van der Waals surface area contributed by atoms with E-state index >= 15 is 0 Å². The van der Waals surface area contributed by atoms with Crippen molar-refractivity contribution in [2.45, 2.75) is 40.2 Å². The average Bonchev–Trinajstić information content (AvgIpc) is 2.02. The molecular formula is C10H22N2O2. The van der Waals surface area contributed by atoms with Crippen LogP contribution in [0.15, 0.2) is 0 Å². The molecule has 0 aliphatic rings. The normalized spacial score (nSPS) is 13.5. The van der Waals surface area contributed by atoms with Crippen molar-refractivity contribution in [3.8, 4) is 0 Å². The van der Waals surface area contributed by atoms with Gasteiger partial charge in [0.2, 0.25) is 0 Å². The molecule has 1 atom stereocenters. The van der Waals surface area contributed by atoms with Gasteiger partial charge in [-0.05, 0) is 18.8 Å². The van der Waals surface area contributed by atoms with Crippen molar-refractivity contribution in [2.24, 2.45) is 5.41 Å². The fourth-order valence-corrected chi connectivity index (χ4v) is 1.22. The van der Waals surface area contributed by atoms with Crippen molar-refractivity contribution in [3.63, 3.8) is 0 Å². The number of carbonyl (C=O) groups excluding carboxylic acids is 1. The predicted molar refractivity (Wildman–Crippen MR) is 57.2 cm³/mol. The number of amides is 2. The lowest BCUT2D eigenvalue weighted by molar-refractivity contribution is 0.189. The Balaban J connectivity index is 4.16. The molecule has 0 saturated heterocycles. The van der Waals surface area contributed by atoms with Crippen LogP contribution >= 0.6 is 0 Å². The van der Waals surface area contributed by atoms with E-state index in [0.29, 0.717) is 13.0 Å². The zero-order valence-electron chi connectivity index (χ0n) is 9.55. The average molecular weight is 202 g/mol. The molecule has 0 saturated carbocycles. The van der Waals surface area contributed by atoms with Gasteiger partial charge in [-0.15, -0.1) is 0 Å². The molecule has 3 N–H and O–H groups in total. The summed E-state index contributed by atoms with van der Waals surface area (Å²) < 4.78 is 0. The second-order valence-corrected chi connectivity index (χ2v) is 4.43. The highest BCUT2D eigenvalue weighted by atomic mass is 16.3. The molecule has 0 aromatic carbocycles. The molecule has 0 aromatic rings. The van der Waals surface area contributed by atoms with E-state index < -0.39 is 0 Å². The fraction of sp³-hybridized carbons (Fsp3) is 0.900. The zero-order chi connectivity index (χ0) is 11.2. The fourth-order valence-electron chi connectivity index (χ4n) is 1.22. The van der Waals surface area contributed by atoms with E-state index in [4.69, 9.17) is 5.11 Å². The van der Waals surface area contributed by atoms with E-state index in [0.717, 1.165) is 0 Å². The SMILES string of the molecule is CCNC(=O)NC(CCO)C(C)(C)C. The predicted octanol–water partition coefficient (Wildman–Crippen LogP) is 1.10. The minimum atomic E-state index is -0.166. The Morgan fingerprint density at radius 1 is 1.43 bits per heavy atom. The van der Waals surface area contributed by atoms with E-state index in [1.54, 1.807) is 0 Å². The van der Waals surface area contributed by atoms with Crippen LogP contribution < -0.4 is 10.6 Å². The third-order valence-corrected chi connectivity index (χ3v) is 2.11. The van der Waals surface area contributed by atoms with Gasteiger partial charge in [0.05, 0.1) is 0 Å². The summed E-state index contributed by atoms with van der Waals surface area (Å²) in [7, 11) is 0. The van der Waals surface area contributed by atoms with Crippen LogP contribution in [0.25, 0.3) is 0 Å². The first-order chi connectivity index (χ1) is 6.41. The summed E-state index contributed by atoms with van der Waals surface area (Å²) in [5, 5.41) is 14.4. The molecule has 0 fully saturated rings. The third kappa shape index (κ3) is 5.07. The van der Waals surface area contributed by atoms with Crippen LogP contribution in [-0.2, 0) is 0 Å². The van der Waals surface area contributed by atoms with Crippen molar-refractivity contribution in [1.82, 2.24) is 10.6 Å². The number of nitrogens with one attached hydrogen (secondary N) is 2. The molecule has 0 rings (SSSR count). The monoisotopic (exact) mass is 202 g/mol. The third-order valence-electron chi connectivity index (χ3n) is 2.11. The highest BCUT2D eigenvalue weighted by Gasteiger charge is 2.25. The van der Waals surface area contributed by atoms with Gasteiger partial charge in [0.15, 0.2) is 0 Å². The minimum absolute atomic E-state index is 0.000880. The van der Waals surface area contributed by atoms with Gasteiger partial charge in [-0.25, -0.2) is 4.79 Å². The van der Waals surface area contributed by atoms with Crippen LogP contribution in [0.1, 0.15) is 34.1 Å². The number of aliphatic hydroxyl groups is 1. The van der Waals surface area contributed by atoms with Crippen LogP contribution in [-0.4, -0.2) is 30.3 Å². The number of rotatable bonds is 4. The summed E-state index contributed by atoms with van der Waals surface area (Å²) in [6, 6.07) is -0.167. The molecule has 1 unspecified atom stereocenters. The first-order valence-corrected chi connectivity index (χ1v) is 5.07. The number of carbonyl (C=O) groups is 1. The number of aliphatic hydroxyl groups excluding tert-OH is 1. The zero-order valence-corrected chi connectivity index (χ0v) is 9.55. The first-order valence-electron chi connectivity index (χ1n) is 5.07. The highest BCUT2D eigenvalue weighted by Crippen LogP contribution is 2.21. The lowest BCUT2D eigenvalue weighted by atomic mass is 9.85. The van der Waals surface area contributed by atoms with Crippen LogP contribution in [0.4, 0.5) is 4.79 Å². The van der Waals surface area contributed by atoms with Crippen molar-refractivity contribution in [1.29, 1.82) is 0 Å². The summed E-state index contributed by atoms with van der Waals surface area (Å²) in [6.07, 6.45) is 0.584. The Morgan fingerprint density at radius 3 is 2.36 bits per heavy atom. The lowest BCUT2D eigenvalue weighted by Gasteiger charge is -2.31. The molecule has 0 aromatic heterocycles. The van der Waals surface area contributed by atoms with E-state index in [1.807, 2.05) is 27.7 Å². The van der Waals surface area contributed by atoms with Gasteiger partial charge in [-0.2, -0.15) is 0 Å². The smallest absolute Gasteiger partial charge is 0.315 e. The second kappa shape index (κ2) is 5.86. The van der Waals surface area contributed by atoms with E-state index in [1.165, 1.54) is 0 Å². The van der Waals surface area contributed by atoms with Gasteiger partial charge >= 0.3 is 6.03 Å². The molecule has 14 heavy (non-hydrogen) atoms. The van der Waals surface area contributed by atoms with Gasteiger partial charge in [-0.3, -0.25) is 0 Å². The topological polar surface area (TPSA) is 61.4 Å². The summed E-state index contributed by atoms with van der Waals surface area (Å²) in [5.41, 5.74) is -0.0339. The molecule has 0 heterocycles. The maximum atomic E-state index is 11.3. The summed E-state index contributed by atoms with van der Waals surface area (Å²) in [5.74, 6) is 0. The second-order valence-electron chi connectivity index (χ2n) is 4.43. The number of hydrogen-bond donors (Lipinski definition) is 3. The first kappa shape index (κ1) is 13.2. The van der Waals surface area contributed by atoms with E-state index in [-0.39, 0.29) is 24.1 Å². The van der Waals surface area contributed by atoms with Crippen LogP contribution in [0.3, 0.4) is 0 Å². The van der Waals surface area contributed by atoms with Crippen molar-refractivity contribution in [2.75, 3.05) is 13.2 Å². The Labute approximate surface area is 86.1 Å². The Morgan fingerprint density at radius 2 is 2.00 bits per heavy atom. The molecule has 0 aliphatic carbocycles. The Kier molecular flexibility index (Phi) is 5.53. The molecule has 2 amide bonds. The molecular weight excluding hydrogens is 180 g/mol. The quantitative estimate of drug-likeness (QED) is 0.639. The van der Waals surface area contributed by atoms with Gasteiger partial charge < -0.3 is 15.7 Å². The molecule has 0 aliphatic heterocycles. The molecule has 4 nitrogen and oxygen atoms in total. The molecule has 0 spiro atoms. The van der Waals surface area contributed by atoms with Crippen molar-refractivity contribution < 1.29 is 9.90 Å². The largest absolute Gasteiger partial charge is 0.396 e. The number of urea groups is 1. The van der Waals surface area contributed by atoms with Crippen LogP contribution in [0.5, 0.6) is 0 Å². The highest BCUT2D eigenvalue weighted by molar-refractivity contribution is 5.74. The molecule has 0 bridgehead atoms. The van der Waals surface area contributed by atoms with Crippen molar-refractivity contribution in [3.05, 3.63) is 0 Å². The van der Waals surface area contributed by atoms with E-state index in [2.05, 4.69) is 10.6 Å². The maximum absolute atomic E-state index is 11.3. The molecule has 84 valence electrons. The lowest BCUT2D eigenvalue weighted by Crippen LogP contribution is -2.48. The molecule has 0 radical (unpaired) electrons. The standard InChI is InChI=1S/C10H22N2O2/c1-5-11-9(14)12-8(6-7-13)10(2,3)4/h8,13H,5-7H2,1-4H3,(H2,11,12,14). The summed E-state index contributed by atoms with van der Waals surface area (Å²) in [6.45, 7) is 8.70. The minimum Gasteiger partial charge on any atom is -0.396 e. The van der Waals surface area contributed by atoms with Gasteiger partial charge in [0.1, 0.15) is 0 Å². The summed E-state index contributed by atoms with van der Waals surface area (Å²) in [4.78, 5) is 11.3. The maximum Gasteiger partial charge on any atom is 0.315 e. The van der Waals surface area contributed by atoms with Gasteiger partial charge in [0.25, 0.3) is 0 Å². The summed E-state index contributed by atoms with van der Waals surface area (Å²) >= 11 is 0. The van der Waals surface area contributed by atoms with Crippen LogP contribution in [0, 0.1) is 5.41 Å². The van der Waals surface area contributed by atoms with Crippen LogP contribution in [0.2, 0.25) is 0 Å². The molecule has 4 heteroatoms.